The van der Waals surface area contributed by atoms with E-state index in [1.807, 2.05) is 18.2 Å². The minimum Gasteiger partial charge on any atom is -0.331 e. The van der Waals surface area contributed by atoms with E-state index in [0.29, 0.717) is 11.4 Å². The van der Waals surface area contributed by atoms with Crippen molar-refractivity contribution in [2.45, 2.75) is 43.9 Å². The summed E-state index contributed by atoms with van der Waals surface area (Å²) in [6.45, 7) is 0. The maximum Gasteiger partial charge on any atom is 0.288 e. The van der Waals surface area contributed by atoms with Crippen molar-refractivity contribution in [3.8, 4) is 0 Å². The molecule has 1 amide bonds. The van der Waals surface area contributed by atoms with E-state index in [9.17, 15) is 14.9 Å². The number of hydrogen-bond donors (Lipinski definition) is 3. The maximum atomic E-state index is 13.1. The SMILES string of the molecule is O=C(NNC(=S)Nc1ccc([N+](=O)[O-])cc1)c1cc(C23CC4CC(CC(C4)C2)C3)c2ccccc2n1. The van der Waals surface area contributed by atoms with Gasteiger partial charge in [-0.3, -0.25) is 25.8 Å². The smallest absolute Gasteiger partial charge is 0.288 e. The van der Waals surface area contributed by atoms with Crippen LogP contribution >= 0.6 is 12.2 Å². The Kier molecular flexibility index (Phi) is 5.59. The van der Waals surface area contributed by atoms with Crippen LogP contribution in [-0.4, -0.2) is 20.9 Å². The molecule has 0 unspecified atom stereocenters. The largest absolute Gasteiger partial charge is 0.331 e. The molecule has 36 heavy (non-hydrogen) atoms. The lowest BCUT2D eigenvalue weighted by Gasteiger charge is -2.57. The van der Waals surface area contributed by atoms with Crippen molar-refractivity contribution in [1.82, 2.24) is 15.8 Å². The second-order valence-electron chi connectivity index (χ2n) is 10.6. The summed E-state index contributed by atoms with van der Waals surface area (Å²) in [5.41, 5.74) is 8.53. The molecule has 2 aromatic carbocycles. The van der Waals surface area contributed by atoms with E-state index in [-0.39, 0.29) is 22.1 Å². The summed E-state index contributed by atoms with van der Waals surface area (Å²) in [7, 11) is 0. The number of benzene rings is 2. The number of hydrogen-bond acceptors (Lipinski definition) is 5. The highest BCUT2D eigenvalue weighted by Crippen LogP contribution is 2.61. The van der Waals surface area contributed by atoms with E-state index in [1.165, 1.54) is 56.2 Å². The van der Waals surface area contributed by atoms with Crippen LogP contribution in [0.4, 0.5) is 11.4 Å². The number of nitro benzene ring substituents is 1. The third kappa shape index (κ3) is 4.17. The highest BCUT2D eigenvalue weighted by Gasteiger charge is 2.52. The third-order valence-electron chi connectivity index (χ3n) is 8.18. The van der Waals surface area contributed by atoms with E-state index in [0.717, 1.165) is 28.7 Å². The van der Waals surface area contributed by atoms with Crippen molar-refractivity contribution in [1.29, 1.82) is 0 Å². The molecule has 9 heteroatoms. The summed E-state index contributed by atoms with van der Waals surface area (Å²) >= 11 is 5.28. The summed E-state index contributed by atoms with van der Waals surface area (Å²) in [6, 6.07) is 16.0. The fourth-order valence-electron chi connectivity index (χ4n) is 7.18. The Morgan fingerprint density at radius 2 is 1.61 bits per heavy atom. The summed E-state index contributed by atoms with van der Waals surface area (Å²) in [5, 5.41) is 15.0. The highest BCUT2D eigenvalue weighted by molar-refractivity contribution is 7.80. The lowest BCUT2D eigenvalue weighted by molar-refractivity contribution is -0.384. The van der Waals surface area contributed by atoms with Gasteiger partial charge in [-0.1, -0.05) is 18.2 Å². The molecular formula is C27H27N5O3S. The Balaban J connectivity index is 1.21. The van der Waals surface area contributed by atoms with Gasteiger partial charge in [-0.2, -0.15) is 0 Å². The summed E-state index contributed by atoms with van der Waals surface area (Å²) < 4.78 is 0. The van der Waals surface area contributed by atoms with Crippen LogP contribution in [0.15, 0.2) is 54.6 Å². The van der Waals surface area contributed by atoms with Crippen molar-refractivity contribution < 1.29 is 9.72 Å². The molecule has 4 bridgehead atoms. The molecule has 4 aliphatic rings. The zero-order chi connectivity index (χ0) is 24.9. The number of pyridine rings is 1. The van der Waals surface area contributed by atoms with Gasteiger partial charge in [0.15, 0.2) is 5.11 Å². The van der Waals surface area contributed by atoms with E-state index >= 15 is 0 Å². The summed E-state index contributed by atoms with van der Waals surface area (Å²) in [4.78, 5) is 28.2. The predicted octanol–water partition coefficient (Wildman–Crippen LogP) is 5.24. The molecule has 8 nitrogen and oxygen atoms in total. The van der Waals surface area contributed by atoms with Crippen molar-refractivity contribution >= 4 is 45.5 Å². The van der Waals surface area contributed by atoms with Crippen LogP contribution in [-0.2, 0) is 5.41 Å². The van der Waals surface area contributed by atoms with E-state index in [4.69, 9.17) is 12.2 Å². The summed E-state index contributed by atoms with van der Waals surface area (Å²) in [6.07, 6.45) is 7.69. The van der Waals surface area contributed by atoms with Crippen LogP contribution in [0, 0.1) is 27.9 Å². The molecule has 1 heterocycles. The first-order chi connectivity index (χ1) is 17.4. The van der Waals surface area contributed by atoms with E-state index < -0.39 is 4.92 Å². The van der Waals surface area contributed by atoms with Crippen LogP contribution in [0.2, 0.25) is 0 Å². The Morgan fingerprint density at radius 1 is 0.972 bits per heavy atom. The van der Waals surface area contributed by atoms with Crippen LogP contribution in [0.3, 0.4) is 0 Å². The number of hydrazine groups is 1. The number of rotatable bonds is 4. The van der Waals surface area contributed by atoms with Crippen LogP contribution in [0.1, 0.15) is 54.6 Å². The van der Waals surface area contributed by atoms with E-state index in [1.54, 1.807) is 12.1 Å². The lowest BCUT2D eigenvalue weighted by atomic mass is 9.48. The second-order valence-corrected chi connectivity index (χ2v) is 11.0. The number of thiocarbonyl (C=S) groups is 1. The fourth-order valence-corrected chi connectivity index (χ4v) is 7.35. The first kappa shape index (κ1) is 22.8. The van der Waals surface area contributed by atoms with Crippen LogP contribution < -0.4 is 16.2 Å². The first-order valence-corrected chi connectivity index (χ1v) is 12.8. The van der Waals surface area contributed by atoms with Gasteiger partial charge in [0.2, 0.25) is 0 Å². The average Bonchev–Trinajstić information content (AvgIpc) is 2.86. The molecule has 0 radical (unpaired) electrons. The van der Waals surface area contributed by atoms with Crippen molar-refractivity contribution in [3.63, 3.8) is 0 Å². The Hall–Kier alpha value is -3.59. The second kappa shape index (κ2) is 8.81. The molecule has 0 atom stereocenters. The molecule has 3 N–H and O–H groups in total. The fraction of sp³-hybridized carbons (Fsp3) is 0.370. The van der Waals surface area contributed by atoms with Crippen molar-refractivity contribution in [2.24, 2.45) is 17.8 Å². The lowest BCUT2D eigenvalue weighted by Crippen LogP contribution is -2.49. The average molecular weight is 502 g/mol. The number of nitrogens with zero attached hydrogens (tertiary/aromatic N) is 2. The number of nitro groups is 1. The maximum absolute atomic E-state index is 13.1. The number of amides is 1. The zero-order valence-electron chi connectivity index (χ0n) is 19.7. The first-order valence-electron chi connectivity index (χ1n) is 12.4. The van der Waals surface area contributed by atoms with Gasteiger partial charge in [-0.05, 0) is 104 Å². The van der Waals surface area contributed by atoms with Crippen molar-refractivity contribution in [3.05, 3.63) is 76.0 Å². The number of anilines is 1. The summed E-state index contributed by atoms with van der Waals surface area (Å²) in [5.74, 6) is 2.03. The molecule has 0 saturated heterocycles. The Bertz CT molecular complexity index is 1340. The molecule has 4 saturated carbocycles. The van der Waals surface area contributed by atoms with E-state index in [2.05, 4.69) is 33.3 Å². The number of nitrogens with one attached hydrogen (secondary N) is 3. The molecule has 184 valence electrons. The van der Waals surface area contributed by atoms with Gasteiger partial charge in [0.25, 0.3) is 11.6 Å². The number of fused-ring (bicyclic) bond motifs is 1. The molecule has 1 aromatic heterocycles. The normalized spacial score (nSPS) is 25.9. The van der Waals surface area contributed by atoms with Crippen LogP contribution in [0.5, 0.6) is 0 Å². The molecule has 0 aliphatic heterocycles. The van der Waals surface area contributed by atoms with Crippen molar-refractivity contribution in [2.75, 3.05) is 5.32 Å². The van der Waals surface area contributed by atoms with Gasteiger partial charge >= 0.3 is 0 Å². The van der Waals surface area contributed by atoms with Gasteiger partial charge < -0.3 is 5.32 Å². The Labute approximate surface area is 214 Å². The minimum atomic E-state index is -0.463. The highest BCUT2D eigenvalue weighted by atomic mass is 32.1. The molecule has 4 fully saturated rings. The topological polar surface area (TPSA) is 109 Å². The number of carbonyl (C=O) groups is 1. The minimum absolute atomic E-state index is 0.00932. The van der Waals surface area contributed by atoms with Gasteiger partial charge in [0, 0.05) is 23.2 Å². The Morgan fingerprint density at radius 3 is 2.25 bits per heavy atom. The standard InChI is InChI=1S/C27H27N5O3S/c33-25(30-31-26(36)28-19-5-7-20(8-6-19)32(34)35)24-12-22(21-3-1-2-4-23(21)29-24)27-13-16-9-17(14-27)11-18(10-16)15-27/h1-8,12,16-18H,9-11,13-15H2,(H,30,33)(H2,28,31,36). The van der Waals surface area contributed by atoms with Gasteiger partial charge in [0.05, 0.1) is 10.4 Å². The molecular weight excluding hydrogens is 474 g/mol. The third-order valence-corrected chi connectivity index (χ3v) is 8.39. The molecule has 3 aromatic rings. The number of non-ortho nitro benzene ring substituents is 1. The molecule has 7 rings (SSSR count). The molecule has 4 aliphatic carbocycles. The predicted molar refractivity (Wildman–Crippen MR) is 142 cm³/mol. The van der Waals surface area contributed by atoms with Crippen LogP contribution in [0.25, 0.3) is 10.9 Å². The monoisotopic (exact) mass is 501 g/mol. The number of aromatic nitrogens is 1. The van der Waals surface area contributed by atoms with Gasteiger partial charge in [0.1, 0.15) is 5.69 Å². The number of para-hydroxylation sites is 1. The quantitative estimate of drug-likeness (QED) is 0.255. The van der Waals surface area contributed by atoms with Gasteiger partial charge in [-0.25, -0.2) is 4.98 Å². The zero-order valence-corrected chi connectivity index (χ0v) is 20.5. The number of carbonyl (C=O) groups excluding carboxylic acids is 1. The molecule has 0 spiro atoms. The van der Waals surface area contributed by atoms with Gasteiger partial charge in [-0.15, -0.1) is 0 Å².